The number of nitrogens with two attached hydrogens (primary N) is 2. The quantitative estimate of drug-likeness (QED) is 0.0100. The van der Waals surface area contributed by atoms with Gasteiger partial charge in [-0.1, -0.05) is 124 Å². The zero-order chi connectivity index (χ0) is 70.7. The second-order valence-electron chi connectivity index (χ2n) is 27.2. The Morgan fingerprint density at radius 2 is 1.37 bits per heavy atom. The van der Waals surface area contributed by atoms with Crippen LogP contribution in [0.25, 0.3) is 6.08 Å². The van der Waals surface area contributed by atoms with E-state index in [0.29, 0.717) is 16.7 Å². The second kappa shape index (κ2) is 31.3. The average Bonchev–Trinajstić information content (AvgIpc) is 0.674. The third kappa shape index (κ3) is 16.6. The van der Waals surface area contributed by atoms with Crippen LogP contribution in [0.2, 0.25) is 0 Å². The van der Waals surface area contributed by atoms with Crippen molar-refractivity contribution in [3.63, 3.8) is 0 Å². The van der Waals surface area contributed by atoms with Crippen LogP contribution in [0.15, 0.2) is 132 Å². The van der Waals surface area contributed by atoms with Gasteiger partial charge in [0.05, 0.1) is 42.3 Å². The lowest BCUT2D eigenvalue weighted by Gasteiger charge is -2.68. The molecule has 97 heavy (non-hydrogen) atoms. The number of aryl methyl sites for hydroxylation is 1. The van der Waals surface area contributed by atoms with E-state index in [4.69, 9.17) is 30.4 Å². The Morgan fingerprint density at radius 1 is 0.742 bits per heavy atom. The van der Waals surface area contributed by atoms with Crippen molar-refractivity contribution in [1.29, 1.82) is 0 Å². The molecule has 4 aliphatic rings. The van der Waals surface area contributed by atoms with Crippen molar-refractivity contribution in [3.8, 4) is 0 Å². The largest absolute Gasteiger partial charge is 0.455 e. The zero-order valence-corrected chi connectivity index (χ0v) is 56.1. The Hall–Kier alpha value is -9.19. The Bertz CT molecular complexity index is 3660. The highest BCUT2D eigenvalue weighted by Gasteiger charge is 2.75. The van der Waals surface area contributed by atoms with Crippen molar-refractivity contribution in [2.24, 2.45) is 45.5 Å². The van der Waals surface area contributed by atoms with Crippen LogP contribution >= 0.6 is 0 Å². The minimum Gasteiger partial charge on any atom is -0.455 e. The summed E-state index contributed by atoms with van der Waals surface area (Å²) in [5, 5.41) is 36.7. The van der Waals surface area contributed by atoms with Crippen molar-refractivity contribution in [1.82, 2.24) is 21.3 Å². The first kappa shape index (κ1) is 73.6. The third-order valence-electron chi connectivity index (χ3n) is 20.3. The molecule has 4 aromatic carbocycles. The maximum atomic E-state index is 15.5. The Kier molecular flexibility index (Phi) is 23.8. The minimum atomic E-state index is -2.16. The first-order chi connectivity index (χ1) is 45.9. The number of nitrogens with one attached hydrogen (secondary N) is 4. The number of fused-ring (bicyclic) bond motifs is 5. The summed E-state index contributed by atoms with van der Waals surface area (Å²) in [4.78, 5) is 150. The van der Waals surface area contributed by atoms with Crippen LogP contribution < -0.4 is 32.7 Å². The maximum Gasteiger partial charge on any atom is 0.350 e. The third-order valence-corrected chi connectivity index (χ3v) is 20.3. The van der Waals surface area contributed by atoms with Crippen LogP contribution in [0, 0.1) is 40.9 Å². The van der Waals surface area contributed by atoms with E-state index in [1.165, 1.54) is 13.0 Å². The molecule has 4 aromatic rings. The fourth-order valence-electron chi connectivity index (χ4n) is 14.6. The lowest BCUT2D eigenvalue weighted by atomic mass is 9.41. The van der Waals surface area contributed by atoms with Crippen molar-refractivity contribution < 1.29 is 81.9 Å². The molecule has 0 spiro atoms. The number of rotatable bonds is 29. The molecule has 0 aromatic heterocycles. The summed E-state index contributed by atoms with van der Waals surface area (Å²) >= 11 is 0. The van der Waals surface area contributed by atoms with Crippen molar-refractivity contribution in [2.75, 3.05) is 13.2 Å². The van der Waals surface area contributed by atoms with Gasteiger partial charge in [-0.05, 0) is 106 Å². The monoisotopic (exact) mass is 1330 g/mol. The van der Waals surface area contributed by atoms with Crippen LogP contribution in [0.3, 0.4) is 0 Å². The number of carbonyl (C=O) groups is 11. The van der Waals surface area contributed by atoms with E-state index < -0.39 is 167 Å². The van der Waals surface area contributed by atoms with Gasteiger partial charge >= 0.3 is 17.9 Å². The smallest absolute Gasteiger partial charge is 0.350 e. The lowest BCUT2D eigenvalue weighted by molar-refractivity contribution is -0.312. The Balaban J connectivity index is 0.933. The number of carbonyl (C=O) groups excluding carboxylic acids is 11. The van der Waals surface area contributed by atoms with Gasteiger partial charge in [-0.15, -0.1) is 0 Å². The highest BCUT2D eigenvalue weighted by molar-refractivity contribution is 5.98. The number of hydrogen-bond acceptors (Lipinski definition) is 17. The number of ketones is 2. The molecule has 1 aliphatic heterocycles. The topological polar surface area (TPSA) is 365 Å². The molecule has 1 heterocycles. The van der Waals surface area contributed by atoms with Gasteiger partial charge in [0.15, 0.2) is 5.78 Å². The standard InChI is InChI=1S/C74H90N6O17/c1-42-27-29-46(30-28-42)31-33-57(84)78-45(4)52(81)38-50(66(75)88)32-34-58(85)79-51(67(76)89)26-18-19-37-77-56(83)35-36-59(86)96-62(61(47-20-12-9-13-21-47)80-68(90)48-22-14-10-15-23-48)70(92)95-53-40-74(93)65(97-69(91)49-24-16-11-17-25-49)63-72(7)41-94-55(72)39-54(82)73(63,8)64(87)44(3)60(43(53)2)71(74,5)6/h9-17,20-25,27-31,33,44-45,50-51,53-55,61-63,65,82,93H,18-19,26,32,34-41H2,1-8H3,(H2,75,88)(H2,76,89)(H,77,83)(H,78,84)(H,79,85)(H,80,90)/b33-31+/t44-,45?,50-,51?,53+,54+,55-,61+,62-,63-,65+,72-,73-,74-/m1/s1. The van der Waals surface area contributed by atoms with Crippen molar-refractivity contribution in [2.45, 2.75) is 174 Å². The average molecular weight is 1340 g/mol. The molecule has 2 bridgehead atoms. The van der Waals surface area contributed by atoms with Crippen LogP contribution in [0.1, 0.15) is 156 Å². The van der Waals surface area contributed by atoms with Gasteiger partial charge in [0.2, 0.25) is 35.6 Å². The number of aliphatic hydroxyl groups is 2. The SMILES string of the molecule is CC1=C2[C@@H](C)C(=O)[C@@]3(C)[C@H]([C@H](OC(=O)c4ccccc4)[C@](O)(C[C@@H]1OC(=O)[C@H](OC(=O)CCC(=O)NCCCCC(NC(=O)CC[C@H](CC(=O)C(C)NC(=O)/C=C/c1ccc(C)cc1)C(N)=O)C(N)=O)[C@@H](NC(=O)c1ccccc1)c1ccccc1)C2(C)C)[C@]1(C)CO[C@@H]1C[C@@H]3O. The van der Waals surface area contributed by atoms with Gasteiger partial charge in [0, 0.05) is 78.9 Å². The number of unbranched alkanes of at least 4 members (excludes halogenated alkanes) is 1. The van der Waals surface area contributed by atoms with E-state index in [9.17, 15) is 53.4 Å². The second-order valence-corrected chi connectivity index (χ2v) is 27.2. The molecule has 10 N–H and O–H groups in total. The predicted octanol–water partition coefficient (Wildman–Crippen LogP) is 6.10. The fraction of sp³-hybridized carbons (Fsp3) is 0.473. The van der Waals surface area contributed by atoms with E-state index >= 15 is 9.59 Å². The van der Waals surface area contributed by atoms with E-state index in [-0.39, 0.29) is 75.0 Å². The molecule has 2 saturated carbocycles. The van der Waals surface area contributed by atoms with Crippen LogP contribution in [-0.2, 0) is 62.1 Å². The summed E-state index contributed by atoms with van der Waals surface area (Å²) < 4.78 is 25.1. The molecule has 14 atom stereocenters. The molecule has 3 aliphatic carbocycles. The highest BCUT2D eigenvalue weighted by Crippen LogP contribution is 2.66. The number of hydrogen-bond donors (Lipinski definition) is 8. The molecule has 8 rings (SSSR count). The molecule has 23 heteroatoms. The number of ether oxygens (including phenoxy) is 4. The summed E-state index contributed by atoms with van der Waals surface area (Å²) in [7, 11) is 0. The van der Waals surface area contributed by atoms with Crippen molar-refractivity contribution in [3.05, 3.63) is 160 Å². The predicted molar refractivity (Wildman–Crippen MR) is 355 cm³/mol. The van der Waals surface area contributed by atoms with Gasteiger partial charge in [0.25, 0.3) is 5.91 Å². The fourth-order valence-corrected chi connectivity index (χ4v) is 14.6. The summed E-state index contributed by atoms with van der Waals surface area (Å²) in [6.07, 6.45) is -5.35. The van der Waals surface area contributed by atoms with E-state index in [1.807, 2.05) is 38.1 Å². The summed E-state index contributed by atoms with van der Waals surface area (Å²) in [5.74, 6) is -11.1. The van der Waals surface area contributed by atoms with E-state index in [2.05, 4.69) is 21.3 Å². The maximum absolute atomic E-state index is 15.5. The normalized spacial score (nSPS) is 25.4. The number of esters is 3. The number of Topliss-reactive ketones (excluding diaryl/α,β-unsaturated/α-hetero) is 2. The Labute approximate surface area is 564 Å². The number of aliphatic hydroxyl groups excluding tert-OH is 1. The zero-order valence-electron chi connectivity index (χ0n) is 56.1. The first-order valence-electron chi connectivity index (χ1n) is 33.0. The molecular weight excluding hydrogens is 1240 g/mol. The molecular formula is C74H90N6O17. The molecule has 23 nitrogen and oxygen atoms in total. The van der Waals surface area contributed by atoms with Gasteiger partial charge < -0.3 is 61.9 Å². The number of primary amides is 2. The van der Waals surface area contributed by atoms with E-state index in [1.54, 1.807) is 132 Å². The number of amides is 6. The van der Waals surface area contributed by atoms with Crippen LogP contribution in [-0.4, -0.2) is 136 Å². The van der Waals surface area contributed by atoms with Crippen LogP contribution in [0.4, 0.5) is 0 Å². The molecule has 0 radical (unpaired) electrons. The summed E-state index contributed by atoms with van der Waals surface area (Å²) in [6, 6.07) is 28.3. The molecule has 3 fully saturated rings. The molecule has 1 saturated heterocycles. The van der Waals surface area contributed by atoms with Gasteiger partial charge in [0.1, 0.15) is 35.7 Å². The van der Waals surface area contributed by atoms with Gasteiger partial charge in [-0.25, -0.2) is 9.59 Å². The molecule has 2 unspecified atom stereocenters. The highest BCUT2D eigenvalue weighted by atomic mass is 16.6. The van der Waals surface area contributed by atoms with E-state index in [0.717, 1.165) is 11.1 Å². The van der Waals surface area contributed by atoms with Gasteiger partial charge in [-0.3, -0.25) is 43.2 Å². The number of benzene rings is 4. The van der Waals surface area contributed by atoms with Gasteiger partial charge in [-0.2, -0.15) is 0 Å². The van der Waals surface area contributed by atoms with Crippen LogP contribution in [0.5, 0.6) is 0 Å². The summed E-state index contributed by atoms with van der Waals surface area (Å²) in [5.41, 5.74) is 8.42. The summed E-state index contributed by atoms with van der Waals surface area (Å²) in [6.45, 7) is 14.0. The molecule has 6 amide bonds. The van der Waals surface area contributed by atoms with Crippen molar-refractivity contribution >= 4 is 71.0 Å². The first-order valence-corrected chi connectivity index (χ1v) is 33.0. The lowest BCUT2D eigenvalue weighted by Crippen LogP contribution is -2.77. The Morgan fingerprint density at radius 3 is 1.98 bits per heavy atom. The molecule has 518 valence electrons. The minimum absolute atomic E-state index is 0.0597.